The molecule has 0 aromatic heterocycles. The first-order chi connectivity index (χ1) is 6.83. The summed E-state index contributed by atoms with van der Waals surface area (Å²) in [5, 5.41) is 3.17. The molecule has 0 aromatic carbocycles. The molecule has 1 heterocycles. The summed E-state index contributed by atoms with van der Waals surface area (Å²) in [5.41, 5.74) is 0. The summed E-state index contributed by atoms with van der Waals surface area (Å²) in [5.74, 6) is 0. The van der Waals surface area contributed by atoms with Crippen LogP contribution in [0.2, 0.25) is 0 Å². The van der Waals surface area contributed by atoms with E-state index in [0.717, 1.165) is 13.2 Å². The van der Waals surface area contributed by atoms with Crippen LogP contribution in [-0.2, 0) is 4.74 Å². The SMILES string of the molecule is CNCCCN(C)CCC1CCCO1. The van der Waals surface area contributed by atoms with E-state index in [1.54, 1.807) is 0 Å². The van der Waals surface area contributed by atoms with E-state index in [4.69, 9.17) is 4.74 Å². The number of rotatable bonds is 7. The van der Waals surface area contributed by atoms with Gasteiger partial charge in [-0.25, -0.2) is 0 Å². The van der Waals surface area contributed by atoms with Crippen LogP contribution in [0.5, 0.6) is 0 Å². The van der Waals surface area contributed by atoms with Crippen LogP contribution in [0.1, 0.15) is 25.7 Å². The summed E-state index contributed by atoms with van der Waals surface area (Å²) >= 11 is 0. The molecule has 14 heavy (non-hydrogen) atoms. The summed E-state index contributed by atoms with van der Waals surface area (Å²) in [4.78, 5) is 2.40. The van der Waals surface area contributed by atoms with E-state index in [1.807, 2.05) is 7.05 Å². The molecule has 0 bridgehead atoms. The molecule has 0 saturated carbocycles. The molecule has 3 heteroatoms. The lowest BCUT2D eigenvalue weighted by atomic mass is 10.2. The molecule has 1 N–H and O–H groups in total. The van der Waals surface area contributed by atoms with E-state index in [9.17, 15) is 0 Å². The standard InChI is InChI=1S/C11H24N2O/c1-12-7-4-8-13(2)9-6-11-5-3-10-14-11/h11-12H,3-10H2,1-2H3. The van der Waals surface area contributed by atoms with Gasteiger partial charge >= 0.3 is 0 Å². The highest BCUT2D eigenvalue weighted by Crippen LogP contribution is 2.15. The summed E-state index contributed by atoms with van der Waals surface area (Å²) < 4.78 is 5.59. The molecule has 1 atom stereocenters. The minimum atomic E-state index is 0.543. The molecular formula is C11H24N2O. The number of ether oxygens (including phenoxy) is 1. The molecule has 0 aromatic rings. The lowest BCUT2D eigenvalue weighted by Gasteiger charge is -2.18. The average molecular weight is 200 g/mol. The predicted molar refractivity (Wildman–Crippen MR) is 59.6 cm³/mol. The third-order valence-electron chi connectivity index (χ3n) is 2.82. The maximum Gasteiger partial charge on any atom is 0.0588 e. The molecule has 0 radical (unpaired) electrons. The zero-order valence-corrected chi connectivity index (χ0v) is 9.59. The highest BCUT2D eigenvalue weighted by molar-refractivity contribution is 4.66. The van der Waals surface area contributed by atoms with Crippen molar-refractivity contribution in [2.75, 3.05) is 40.3 Å². The van der Waals surface area contributed by atoms with E-state index in [0.29, 0.717) is 6.10 Å². The van der Waals surface area contributed by atoms with Gasteiger partial charge in [-0.05, 0) is 52.9 Å². The van der Waals surface area contributed by atoms with Gasteiger partial charge in [0.15, 0.2) is 0 Å². The Bertz CT molecular complexity index is 135. The zero-order valence-electron chi connectivity index (χ0n) is 9.59. The normalized spacial score (nSPS) is 22.1. The Morgan fingerprint density at radius 3 is 2.93 bits per heavy atom. The molecule has 1 aliphatic rings. The smallest absolute Gasteiger partial charge is 0.0588 e. The fraction of sp³-hybridized carbons (Fsp3) is 1.00. The van der Waals surface area contributed by atoms with E-state index >= 15 is 0 Å². The van der Waals surface area contributed by atoms with Gasteiger partial charge in [0.05, 0.1) is 6.10 Å². The predicted octanol–water partition coefficient (Wildman–Crippen LogP) is 1.10. The first-order valence-corrected chi connectivity index (χ1v) is 5.77. The van der Waals surface area contributed by atoms with Crippen LogP contribution in [0.15, 0.2) is 0 Å². The monoisotopic (exact) mass is 200 g/mol. The van der Waals surface area contributed by atoms with Crippen molar-refractivity contribution in [1.82, 2.24) is 10.2 Å². The second kappa shape index (κ2) is 7.21. The van der Waals surface area contributed by atoms with E-state index in [2.05, 4.69) is 17.3 Å². The fourth-order valence-corrected chi connectivity index (χ4v) is 1.87. The van der Waals surface area contributed by atoms with Gasteiger partial charge in [-0.3, -0.25) is 0 Å². The van der Waals surface area contributed by atoms with Crippen molar-refractivity contribution in [3.05, 3.63) is 0 Å². The Morgan fingerprint density at radius 2 is 2.29 bits per heavy atom. The Kier molecular flexibility index (Phi) is 6.15. The second-order valence-corrected chi connectivity index (χ2v) is 4.18. The molecule has 1 fully saturated rings. The molecule has 0 spiro atoms. The van der Waals surface area contributed by atoms with Crippen molar-refractivity contribution < 1.29 is 4.74 Å². The average Bonchev–Trinajstić information content (AvgIpc) is 2.68. The molecule has 1 rings (SSSR count). The Labute approximate surface area is 87.8 Å². The Hall–Kier alpha value is -0.120. The van der Waals surface area contributed by atoms with Gasteiger partial charge in [-0.15, -0.1) is 0 Å². The van der Waals surface area contributed by atoms with Crippen LogP contribution < -0.4 is 5.32 Å². The van der Waals surface area contributed by atoms with E-state index in [1.165, 1.54) is 38.8 Å². The van der Waals surface area contributed by atoms with Crippen LogP contribution in [0.4, 0.5) is 0 Å². The molecule has 84 valence electrons. The lowest BCUT2D eigenvalue weighted by molar-refractivity contribution is 0.0950. The van der Waals surface area contributed by atoms with Gasteiger partial charge in [-0.2, -0.15) is 0 Å². The number of hydrogen-bond acceptors (Lipinski definition) is 3. The van der Waals surface area contributed by atoms with Crippen LogP contribution >= 0.6 is 0 Å². The fourth-order valence-electron chi connectivity index (χ4n) is 1.87. The summed E-state index contributed by atoms with van der Waals surface area (Å²) in [7, 11) is 4.21. The Morgan fingerprint density at radius 1 is 1.43 bits per heavy atom. The van der Waals surface area contributed by atoms with Crippen molar-refractivity contribution in [3.8, 4) is 0 Å². The zero-order chi connectivity index (χ0) is 10.2. The van der Waals surface area contributed by atoms with Gasteiger partial charge in [0.25, 0.3) is 0 Å². The van der Waals surface area contributed by atoms with Crippen molar-refractivity contribution in [2.24, 2.45) is 0 Å². The highest BCUT2D eigenvalue weighted by atomic mass is 16.5. The van der Waals surface area contributed by atoms with E-state index in [-0.39, 0.29) is 0 Å². The summed E-state index contributed by atoms with van der Waals surface area (Å²) in [6.07, 6.45) is 5.51. The maximum absolute atomic E-state index is 5.59. The quantitative estimate of drug-likeness (QED) is 0.623. The van der Waals surface area contributed by atoms with Gasteiger partial charge < -0.3 is 15.0 Å². The van der Waals surface area contributed by atoms with Gasteiger partial charge in [0, 0.05) is 13.2 Å². The summed E-state index contributed by atoms with van der Waals surface area (Å²) in [6.45, 7) is 4.46. The number of nitrogens with zero attached hydrogens (tertiary/aromatic N) is 1. The molecule has 1 unspecified atom stereocenters. The molecule has 1 aliphatic heterocycles. The van der Waals surface area contributed by atoms with Gasteiger partial charge in [0.2, 0.25) is 0 Å². The van der Waals surface area contributed by atoms with Crippen molar-refractivity contribution in [3.63, 3.8) is 0 Å². The number of nitrogens with one attached hydrogen (secondary N) is 1. The molecule has 1 saturated heterocycles. The lowest BCUT2D eigenvalue weighted by Crippen LogP contribution is -2.26. The first-order valence-electron chi connectivity index (χ1n) is 5.77. The van der Waals surface area contributed by atoms with Crippen molar-refractivity contribution in [1.29, 1.82) is 0 Å². The molecule has 0 amide bonds. The third-order valence-corrected chi connectivity index (χ3v) is 2.82. The maximum atomic E-state index is 5.59. The summed E-state index contributed by atoms with van der Waals surface area (Å²) in [6, 6.07) is 0. The van der Waals surface area contributed by atoms with Crippen LogP contribution in [0, 0.1) is 0 Å². The van der Waals surface area contributed by atoms with Crippen LogP contribution in [-0.4, -0.2) is 51.3 Å². The van der Waals surface area contributed by atoms with Gasteiger partial charge in [0.1, 0.15) is 0 Å². The molecular weight excluding hydrogens is 176 g/mol. The van der Waals surface area contributed by atoms with Crippen molar-refractivity contribution in [2.45, 2.75) is 31.8 Å². The van der Waals surface area contributed by atoms with Crippen LogP contribution in [0.3, 0.4) is 0 Å². The third kappa shape index (κ3) is 4.94. The molecule has 3 nitrogen and oxygen atoms in total. The minimum absolute atomic E-state index is 0.543. The number of hydrogen-bond donors (Lipinski definition) is 1. The highest BCUT2D eigenvalue weighted by Gasteiger charge is 2.15. The van der Waals surface area contributed by atoms with Crippen molar-refractivity contribution >= 4 is 0 Å². The van der Waals surface area contributed by atoms with E-state index < -0.39 is 0 Å². The topological polar surface area (TPSA) is 24.5 Å². The largest absolute Gasteiger partial charge is 0.378 e. The Balaban J connectivity index is 1.93. The van der Waals surface area contributed by atoms with Crippen LogP contribution in [0.25, 0.3) is 0 Å². The molecule has 0 aliphatic carbocycles. The minimum Gasteiger partial charge on any atom is -0.378 e. The second-order valence-electron chi connectivity index (χ2n) is 4.18. The van der Waals surface area contributed by atoms with Gasteiger partial charge in [-0.1, -0.05) is 0 Å². The first kappa shape index (κ1) is 12.0.